The predicted molar refractivity (Wildman–Crippen MR) is 43.7 cm³/mol. The van der Waals surface area contributed by atoms with Gasteiger partial charge in [0.2, 0.25) is 0 Å². The number of carbonyl (C=O) groups is 1. The number of halogens is 3. The maximum atomic E-state index is 11.8. The SMILES string of the molecule is Cc1cccnc1NC(=O)C(F)(F)F. The van der Waals surface area contributed by atoms with Crippen LogP contribution >= 0.6 is 0 Å². The Morgan fingerprint density at radius 2 is 2.14 bits per heavy atom. The number of nitrogens with one attached hydrogen (secondary N) is 1. The monoisotopic (exact) mass is 204 g/mol. The second-order valence-electron chi connectivity index (χ2n) is 2.62. The molecule has 0 aliphatic rings. The zero-order valence-electron chi connectivity index (χ0n) is 7.22. The zero-order valence-corrected chi connectivity index (χ0v) is 7.22. The summed E-state index contributed by atoms with van der Waals surface area (Å²) in [5.74, 6) is -2.09. The van der Waals surface area contributed by atoms with Gasteiger partial charge in [0, 0.05) is 6.20 Å². The van der Waals surface area contributed by atoms with E-state index in [-0.39, 0.29) is 5.82 Å². The summed E-state index contributed by atoms with van der Waals surface area (Å²) in [6.07, 6.45) is -3.58. The molecule has 0 radical (unpaired) electrons. The number of nitrogens with zero attached hydrogens (tertiary/aromatic N) is 1. The summed E-state index contributed by atoms with van der Waals surface area (Å²) < 4.78 is 35.5. The van der Waals surface area contributed by atoms with Gasteiger partial charge in [0.15, 0.2) is 0 Å². The first-order chi connectivity index (χ1) is 6.41. The first-order valence-electron chi connectivity index (χ1n) is 3.71. The average molecular weight is 204 g/mol. The van der Waals surface area contributed by atoms with Crippen molar-refractivity contribution in [3.8, 4) is 0 Å². The van der Waals surface area contributed by atoms with Crippen LogP contribution in [0.4, 0.5) is 19.0 Å². The highest BCUT2D eigenvalue weighted by molar-refractivity contribution is 5.94. The standard InChI is InChI=1S/C8H7F3N2O/c1-5-3-2-4-12-6(5)13-7(14)8(9,10)11/h2-4H,1H3,(H,12,13,14). The Kier molecular flexibility index (Phi) is 2.73. The Morgan fingerprint density at radius 1 is 1.50 bits per heavy atom. The van der Waals surface area contributed by atoms with Crippen molar-refractivity contribution in [2.45, 2.75) is 13.1 Å². The number of anilines is 1. The lowest BCUT2D eigenvalue weighted by Gasteiger charge is -2.08. The van der Waals surface area contributed by atoms with E-state index in [0.29, 0.717) is 5.56 Å². The molecule has 1 aromatic rings. The summed E-state index contributed by atoms with van der Waals surface area (Å²) >= 11 is 0. The molecule has 1 heterocycles. The van der Waals surface area contributed by atoms with Crippen molar-refractivity contribution >= 4 is 11.7 Å². The number of aromatic nitrogens is 1. The van der Waals surface area contributed by atoms with Crippen LogP contribution in [0.3, 0.4) is 0 Å². The van der Waals surface area contributed by atoms with E-state index in [4.69, 9.17) is 0 Å². The molecule has 3 nitrogen and oxygen atoms in total. The summed E-state index contributed by atoms with van der Waals surface area (Å²) in [6, 6.07) is 3.12. The van der Waals surface area contributed by atoms with E-state index in [9.17, 15) is 18.0 Å². The van der Waals surface area contributed by atoms with Gasteiger partial charge >= 0.3 is 12.1 Å². The number of alkyl halides is 3. The van der Waals surface area contributed by atoms with Gasteiger partial charge in [-0.3, -0.25) is 4.79 Å². The minimum Gasteiger partial charge on any atom is -0.303 e. The van der Waals surface area contributed by atoms with Crippen LogP contribution in [0.2, 0.25) is 0 Å². The summed E-state index contributed by atoms with van der Waals surface area (Å²) in [6.45, 7) is 1.55. The Labute approximate surface area is 78.0 Å². The van der Waals surface area contributed by atoms with E-state index < -0.39 is 12.1 Å². The van der Waals surface area contributed by atoms with Crippen molar-refractivity contribution in [2.24, 2.45) is 0 Å². The second-order valence-corrected chi connectivity index (χ2v) is 2.62. The maximum Gasteiger partial charge on any atom is 0.471 e. The van der Waals surface area contributed by atoms with E-state index in [0.717, 1.165) is 0 Å². The van der Waals surface area contributed by atoms with E-state index in [1.54, 1.807) is 24.4 Å². The molecule has 0 saturated carbocycles. The molecule has 76 valence electrons. The molecule has 0 spiro atoms. The van der Waals surface area contributed by atoms with Gasteiger partial charge in [-0.1, -0.05) is 6.07 Å². The molecular weight excluding hydrogens is 197 g/mol. The number of pyridine rings is 1. The number of hydrogen-bond donors (Lipinski definition) is 1. The fraction of sp³-hybridized carbons (Fsp3) is 0.250. The first-order valence-corrected chi connectivity index (χ1v) is 3.71. The topological polar surface area (TPSA) is 42.0 Å². The van der Waals surface area contributed by atoms with Gasteiger partial charge in [-0.15, -0.1) is 0 Å². The molecule has 0 fully saturated rings. The van der Waals surface area contributed by atoms with Gasteiger partial charge in [0.1, 0.15) is 5.82 Å². The van der Waals surface area contributed by atoms with Crippen LogP contribution in [0, 0.1) is 6.92 Å². The molecule has 1 N–H and O–H groups in total. The predicted octanol–water partition coefficient (Wildman–Crippen LogP) is 1.89. The molecule has 0 atom stereocenters. The lowest BCUT2D eigenvalue weighted by Crippen LogP contribution is -2.30. The first kappa shape index (κ1) is 10.5. The normalized spacial score (nSPS) is 11.1. The molecule has 0 aliphatic heterocycles. The molecule has 0 saturated heterocycles. The molecule has 0 unspecified atom stereocenters. The fourth-order valence-electron chi connectivity index (χ4n) is 0.795. The van der Waals surface area contributed by atoms with Crippen LogP contribution in [0.15, 0.2) is 18.3 Å². The van der Waals surface area contributed by atoms with Gasteiger partial charge in [0.25, 0.3) is 0 Å². The third-order valence-corrected chi connectivity index (χ3v) is 1.50. The maximum absolute atomic E-state index is 11.8. The Balaban J connectivity index is 2.80. The highest BCUT2D eigenvalue weighted by Crippen LogP contribution is 2.18. The Bertz CT molecular complexity index is 349. The highest BCUT2D eigenvalue weighted by Gasteiger charge is 2.39. The Hall–Kier alpha value is -1.59. The molecule has 1 rings (SSSR count). The number of hydrogen-bond acceptors (Lipinski definition) is 2. The van der Waals surface area contributed by atoms with E-state index in [2.05, 4.69) is 4.98 Å². The van der Waals surface area contributed by atoms with Gasteiger partial charge in [0.05, 0.1) is 0 Å². The minimum atomic E-state index is -4.88. The lowest BCUT2D eigenvalue weighted by molar-refractivity contribution is -0.167. The van der Waals surface area contributed by atoms with E-state index in [1.165, 1.54) is 6.20 Å². The van der Waals surface area contributed by atoms with Crippen molar-refractivity contribution in [2.75, 3.05) is 5.32 Å². The van der Waals surface area contributed by atoms with Crippen molar-refractivity contribution in [3.63, 3.8) is 0 Å². The molecular formula is C8H7F3N2O. The highest BCUT2D eigenvalue weighted by atomic mass is 19.4. The zero-order chi connectivity index (χ0) is 10.8. The van der Waals surface area contributed by atoms with Crippen LogP contribution in [-0.2, 0) is 4.79 Å². The third kappa shape index (κ3) is 2.45. The van der Waals surface area contributed by atoms with Crippen molar-refractivity contribution in [3.05, 3.63) is 23.9 Å². The molecule has 1 amide bonds. The van der Waals surface area contributed by atoms with Crippen molar-refractivity contribution in [1.82, 2.24) is 4.98 Å². The number of carbonyl (C=O) groups excluding carboxylic acids is 1. The molecule has 0 aliphatic carbocycles. The summed E-state index contributed by atoms with van der Waals surface area (Å²) in [5.41, 5.74) is 0.477. The quantitative estimate of drug-likeness (QED) is 0.758. The largest absolute Gasteiger partial charge is 0.471 e. The molecule has 1 aromatic heterocycles. The molecule has 0 aromatic carbocycles. The van der Waals surface area contributed by atoms with Gasteiger partial charge in [-0.25, -0.2) is 4.98 Å². The fourth-order valence-corrected chi connectivity index (χ4v) is 0.795. The van der Waals surface area contributed by atoms with Crippen molar-refractivity contribution < 1.29 is 18.0 Å². The van der Waals surface area contributed by atoms with Gasteiger partial charge in [-0.05, 0) is 18.6 Å². The smallest absolute Gasteiger partial charge is 0.303 e. The van der Waals surface area contributed by atoms with Crippen LogP contribution in [0.1, 0.15) is 5.56 Å². The van der Waals surface area contributed by atoms with Crippen LogP contribution in [0.25, 0.3) is 0 Å². The molecule has 14 heavy (non-hydrogen) atoms. The lowest BCUT2D eigenvalue weighted by atomic mass is 10.3. The number of rotatable bonds is 1. The second kappa shape index (κ2) is 3.65. The van der Waals surface area contributed by atoms with Gasteiger partial charge < -0.3 is 5.32 Å². The summed E-state index contributed by atoms with van der Waals surface area (Å²) in [4.78, 5) is 14.1. The average Bonchev–Trinajstić information content (AvgIpc) is 2.07. The van der Waals surface area contributed by atoms with Crippen LogP contribution in [0.5, 0.6) is 0 Å². The molecule has 0 bridgehead atoms. The van der Waals surface area contributed by atoms with Gasteiger partial charge in [-0.2, -0.15) is 13.2 Å². The van der Waals surface area contributed by atoms with Crippen LogP contribution in [-0.4, -0.2) is 17.1 Å². The van der Waals surface area contributed by atoms with Crippen LogP contribution < -0.4 is 5.32 Å². The van der Waals surface area contributed by atoms with E-state index in [1.807, 2.05) is 0 Å². The minimum absolute atomic E-state index is 0.0742. The number of amides is 1. The Morgan fingerprint density at radius 3 is 2.64 bits per heavy atom. The van der Waals surface area contributed by atoms with E-state index >= 15 is 0 Å². The summed E-state index contributed by atoms with van der Waals surface area (Å²) in [7, 11) is 0. The molecule has 6 heteroatoms. The third-order valence-electron chi connectivity index (χ3n) is 1.50. The van der Waals surface area contributed by atoms with Crippen molar-refractivity contribution in [1.29, 1.82) is 0 Å². The summed E-state index contributed by atoms with van der Waals surface area (Å²) in [5, 5.41) is 1.68. The number of aryl methyl sites for hydroxylation is 1.